The van der Waals surface area contributed by atoms with E-state index in [9.17, 15) is 31.1 Å². The minimum Gasteiger partial charge on any atom is -0.298 e. The molecule has 0 aromatic heterocycles. The van der Waals surface area contributed by atoms with E-state index >= 15 is 0 Å². The molecule has 0 spiro atoms. The number of hydrogen-bond donors (Lipinski definition) is 2. The highest BCUT2D eigenvalue weighted by atomic mass is 19.4. The van der Waals surface area contributed by atoms with Crippen LogP contribution in [0.1, 0.15) is 21.5 Å². The Balaban J connectivity index is 2.26. The zero-order chi connectivity index (χ0) is 18.8. The summed E-state index contributed by atoms with van der Waals surface area (Å²) >= 11 is 0. The van der Waals surface area contributed by atoms with Crippen molar-refractivity contribution in [3.63, 3.8) is 0 Å². The molecule has 130 valence electrons. The van der Waals surface area contributed by atoms with Crippen molar-refractivity contribution in [2.24, 2.45) is 0 Å². The van der Waals surface area contributed by atoms with Crippen LogP contribution in [0.2, 0.25) is 0 Å². The molecule has 1 amide bonds. The van der Waals surface area contributed by atoms with Gasteiger partial charge < -0.3 is 0 Å². The first kappa shape index (κ1) is 18.1. The number of nitrogens with zero attached hydrogens (tertiary/aromatic N) is 1. The fourth-order valence-corrected chi connectivity index (χ4v) is 1.85. The molecule has 0 heterocycles. The third-order valence-electron chi connectivity index (χ3n) is 3.04. The quantitative estimate of drug-likeness (QED) is 0.498. The van der Waals surface area contributed by atoms with Gasteiger partial charge in [-0.05, 0) is 30.3 Å². The van der Waals surface area contributed by atoms with E-state index in [0.29, 0.717) is 18.2 Å². The van der Waals surface area contributed by atoms with Crippen molar-refractivity contribution in [1.29, 1.82) is 5.26 Å². The maximum Gasteiger partial charge on any atom is 0.418 e. The predicted octanol–water partition coefficient (Wildman–Crippen LogP) is 3.75. The molecular weight excluding hydrogens is 352 g/mol. The second kappa shape index (κ2) is 6.72. The normalized spacial score (nSPS) is 10.9. The Morgan fingerprint density at radius 2 is 1.72 bits per heavy atom. The molecule has 2 N–H and O–H groups in total. The van der Waals surface area contributed by atoms with Crippen LogP contribution in [0.3, 0.4) is 0 Å². The number of carbonyl (C=O) groups is 1. The Kier molecular flexibility index (Phi) is 4.87. The van der Waals surface area contributed by atoms with Gasteiger partial charge in [0.2, 0.25) is 0 Å². The Bertz CT molecular complexity index is 873. The summed E-state index contributed by atoms with van der Waals surface area (Å²) < 4.78 is 78.3. The van der Waals surface area contributed by atoms with Gasteiger partial charge in [0.05, 0.1) is 28.4 Å². The zero-order valence-corrected chi connectivity index (χ0v) is 12.0. The van der Waals surface area contributed by atoms with Crippen molar-refractivity contribution < 1.29 is 31.1 Å². The zero-order valence-electron chi connectivity index (χ0n) is 12.0. The summed E-state index contributed by atoms with van der Waals surface area (Å²) in [6, 6.07) is 5.15. The number of hydrazine groups is 1. The fourth-order valence-electron chi connectivity index (χ4n) is 1.85. The van der Waals surface area contributed by atoms with Gasteiger partial charge in [-0.1, -0.05) is 0 Å². The van der Waals surface area contributed by atoms with Crippen LogP contribution in [0.5, 0.6) is 0 Å². The van der Waals surface area contributed by atoms with E-state index in [4.69, 9.17) is 5.26 Å². The van der Waals surface area contributed by atoms with Crippen LogP contribution in [0.25, 0.3) is 0 Å². The summed E-state index contributed by atoms with van der Waals surface area (Å²) in [5.74, 6) is -6.51. The number of nitrogens with one attached hydrogen (secondary N) is 2. The lowest BCUT2D eigenvalue weighted by molar-refractivity contribution is -0.137. The Labute approximate surface area is 136 Å². The van der Waals surface area contributed by atoms with Gasteiger partial charge in [0.15, 0.2) is 17.5 Å². The second-order valence-electron chi connectivity index (χ2n) is 4.67. The molecule has 0 unspecified atom stereocenters. The van der Waals surface area contributed by atoms with E-state index in [1.165, 1.54) is 6.07 Å². The van der Waals surface area contributed by atoms with Crippen LogP contribution < -0.4 is 10.9 Å². The highest BCUT2D eigenvalue weighted by Crippen LogP contribution is 2.35. The third kappa shape index (κ3) is 3.82. The maximum absolute atomic E-state index is 13.5. The third-order valence-corrected chi connectivity index (χ3v) is 3.04. The average Bonchev–Trinajstić information content (AvgIpc) is 2.56. The number of rotatable bonds is 3. The Hall–Kier alpha value is -3.22. The van der Waals surface area contributed by atoms with Crippen molar-refractivity contribution in [2.45, 2.75) is 6.18 Å². The minimum atomic E-state index is -4.84. The molecule has 0 aliphatic carbocycles. The molecule has 2 rings (SSSR count). The number of hydrogen-bond acceptors (Lipinski definition) is 3. The number of halogens is 6. The van der Waals surface area contributed by atoms with E-state index in [0.717, 1.165) is 12.1 Å². The lowest BCUT2D eigenvalue weighted by Crippen LogP contribution is -2.31. The molecule has 0 radical (unpaired) electrons. The lowest BCUT2D eigenvalue weighted by Gasteiger charge is -2.15. The van der Waals surface area contributed by atoms with Crippen LogP contribution in [0, 0.1) is 28.8 Å². The summed E-state index contributed by atoms with van der Waals surface area (Å²) in [6.07, 6.45) is -4.84. The van der Waals surface area contributed by atoms with Crippen molar-refractivity contribution >= 4 is 11.6 Å². The van der Waals surface area contributed by atoms with Crippen molar-refractivity contribution in [2.75, 3.05) is 5.43 Å². The van der Waals surface area contributed by atoms with E-state index in [1.807, 2.05) is 5.43 Å². The molecule has 4 nitrogen and oxygen atoms in total. The molecule has 10 heteroatoms. The summed E-state index contributed by atoms with van der Waals surface area (Å²) in [5.41, 5.74) is 0.620. The summed E-state index contributed by atoms with van der Waals surface area (Å²) in [5, 5.41) is 8.65. The van der Waals surface area contributed by atoms with E-state index in [2.05, 4.69) is 0 Å². The van der Waals surface area contributed by atoms with Crippen LogP contribution in [-0.2, 0) is 6.18 Å². The van der Waals surface area contributed by atoms with E-state index < -0.39 is 46.3 Å². The largest absolute Gasteiger partial charge is 0.418 e. The van der Waals surface area contributed by atoms with Crippen molar-refractivity contribution in [1.82, 2.24) is 5.43 Å². The molecule has 0 fully saturated rings. The summed E-state index contributed by atoms with van der Waals surface area (Å²) in [6.45, 7) is 0. The van der Waals surface area contributed by atoms with Crippen LogP contribution in [-0.4, -0.2) is 5.91 Å². The molecule has 25 heavy (non-hydrogen) atoms. The SMILES string of the molecule is N#Cc1ccc(NNC(=O)c2ccc(F)c(F)c2F)c(C(F)(F)F)c1. The smallest absolute Gasteiger partial charge is 0.298 e. The number of nitriles is 1. The number of carbonyl (C=O) groups excluding carboxylic acids is 1. The van der Waals surface area contributed by atoms with Gasteiger partial charge in [0.25, 0.3) is 5.91 Å². The molecule has 2 aromatic carbocycles. The second-order valence-corrected chi connectivity index (χ2v) is 4.67. The first-order chi connectivity index (χ1) is 11.6. The average molecular weight is 359 g/mol. The van der Waals surface area contributed by atoms with Gasteiger partial charge in [0, 0.05) is 0 Å². The van der Waals surface area contributed by atoms with Gasteiger partial charge in [0.1, 0.15) is 0 Å². The van der Waals surface area contributed by atoms with Gasteiger partial charge in [-0.2, -0.15) is 18.4 Å². The molecule has 0 saturated carbocycles. The molecule has 0 aliphatic rings. The van der Waals surface area contributed by atoms with Crippen molar-refractivity contribution in [3.05, 3.63) is 64.5 Å². The van der Waals surface area contributed by atoms with Gasteiger partial charge in [-0.15, -0.1) is 0 Å². The molecule has 0 saturated heterocycles. The Morgan fingerprint density at radius 1 is 1.04 bits per heavy atom. The number of alkyl halides is 3. The molecule has 2 aromatic rings. The number of amides is 1. The van der Waals surface area contributed by atoms with E-state index in [-0.39, 0.29) is 5.56 Å². The van der Waals surface area contributed by atoms with E-state index in [1.54, 1.807) is 5.43 Å². The predicted molar refractivity (Wildman–Crippen MR) is 73.6 cm³/mol. The molecule has 0 bridgehead atoms. The van der Waals surface area contributed by atoms with Crippen LogP contribution in [0.4, 0.5) is 32.0 Å². The first-order valence-corrected chi connectivity index (χ1v) is 6.46. The monoisotopic (exact) mass is 359 g/mol. The molecule has 0 aliphatic heterocycles. The first-order valence-electron chi connectivity index (χ1n) is 6.46. The Morgan fingerprint density at radius 3 is 2.32 bits per heavy atom. The highest BCUT2D eigenvalue weighted by Gasteiger charge is 2.34. The fraction of sp³-hybridized carbons (Fsp3) is 0.0667. The van der Waals surface area contributed by atoms with Gasteiger partial charge in [-0.25, -0.2) is 13.2 Å². The van der Waals surface area contributed by atoms with Crippen molar-refractivity contribution in [3.8, 4) is 6.07 Å². The highest BCUT2D eigenvalue weighted by molar-refractivity contribution is 5.95. The van der Waals surface area contributed by atoms with Gasteiger partial charge >= 0.3 is 6.18 Å². The standard InChI is InChI=1S/C15H7F6N3O/c16-10-3-2-8(12(17)13(10)18)14(25)24-23-11-4-1-7(6-22)5-9(11)15(19,20)21/h1-5,23H,(H,24,25). The summed E-state index contributed by atoms with van der Waals surface area (Å²) in [4.78, 5) is 11.8. The lowest BCUT2D eigenvalue weighted by atomic mass is 10.1. The van der Waals surface area contributed by atoms with Crippen LogP contribution in [0.15, 0.2) is 30.3 Å². The molecular formula is C15H7F6N3O. The maximum atomic E-state index is 13.5. The molecule has 0 atom stereocenters. The number of benzene rings is 2. The topological polar surface area (TPSA) is 64.9 Å². The minimum absolute atomic E-state index is 0.268. The van der Waals surface area contributed by atoms with Crippen LogP contribution >= 0.6 is 0 Å². The summed E-state index contributed by atoms with van der Waals surface area (Å²) in [7, 11) is 0. The van der Waals surface area contributed by atoms with Gasteiger partial charge in [-0.3, -0.25) is 15.6 Å². The number of anilines is 1.